The Hall–Kier alpha value is -0.880. The summed E-state index contributed by atoms with van der Waals surface area (Å²) in [5.74, 6) is 0. The highest BCUT2D eigenvalue weighted by molar-refractivity contribution is 9.10. The fourth-order valence-corrected chi connectivity index (χ4v) is 2.91. The summed E-state index contributed by atoms with van der Waals surface area (Å²) in [5.41, 5.74) is 0.749. The first kappa shape index (κ1) is 13.5. The average molecular weight is 315 g/mol. The second-order valence-corrected chi connectivity index (χ2v) is 5.90. The fourth-order valence-electron chi connectivity index (χ4n) is 2.58. The number of nitrogens with zero attached hydrogens (tertiary/aromatic N) is 2. The Morgan fingerprint density at radius 3 is 2.78 bits per heavy atom. The van der Waals surface area contributed by atoms with Crippen LogP contribution in [0.5, 0.6) is 0 Å². The summed E-state index contributed by atoms with van der Waals surface area (Å²) in [7, 11) is 4.25. The number of anilines is 1. The Morgan fingerprint density at radius 1 is 1.50 bits per heavy atom. The van der Waals surface area contributed by atoms with E-state index in [4.69, 9.17) is 0 Å². The summed E-state index contributed by atoms with van der Waals surface area (Å²) in [6, 6.07) is 0. The van der Waals surface area contributed by atoms with Gasteiger partial charge < -0.3 is 10.2 Å². The van der Waals surface area contributed by atoms with Gasteiger partial charge in [0.25, 0.3) is 5.56 Å². The van der Waals surface area contributed by atoms with Gasteiger partial charge in [-0.2, -0.15) is 5.10 Å². The van der Waals surface area contributed by atoms with E-state index in [2.05, 4.69) is 50.4 Å². The van der Waals surface area contributed by atoms with Crippen LogP contribution in [0.3, 0.4) is 0 Å². The van der Waals surface area contributed by atoms with Gasteiger partial charge in [-0.15, -0.1) is 0 Å². The number of aromatic amines is 1. The molecule has 0 unspecified atom stereocenters. The van der Waals surface area contributed by atoms with Gasteiger partial charge in [0.1, 0.15) is 4.47 Å². The number of hydrogen-bond donors (Lipinski definition) is 2. The summed E-state index contributed by atoms with van der Waals surface area (Å²) in [6.45, 7) is 0.837. The number of aromatic nitrogens is 2. The zero-order valence-electron chi connectivity index (χ0n) is 10.8. The minimum Gasteiger partial charge on any atom is -0.381 e. The van der Waals surface area contributed by atoms with Crippen LogP contribution in [0, 0.1) is 0 Å². The zero-order chi connectivity index (χ0) is 13.2. The second-order valence-electron chi connectivity index (χ2n) is 5.11. The topological polar surface area (TPSA) is 61.0 Å². The maximum absolute atomic E-state index is 11.4. The van der Waals surface area contributed by atoms with Crippen LogP contribution in [0.4, 0.5) is 5.69 Å². The van der Waals surface area contributed by atoms with Gasteiger partial charge in [-0.1, -0.05) is 12.8 Å². The van der Waals surface area contributed by atoms with E-state index in [-0.39, 0.29) is 11.1 Å². The van der Waals surface area contributed by atoms with E-state index in [1.54, 1.807) is 6.20 Å². The van der Waals surface area contributed by atoms with E-state index < -0.39 is 0 Å². The molecule has 1 aliphatic rings. The zero-order valence-corrected chi connectivity index (χ0v) is 12.4. The van der Waals surface area contributed by atoms with Gasteiger partial charge in [-0.3, -0.25) is 4.79 Å². The molecule has 1 aromatic heterocycles. The van der Waals surface area contributed by atoms with E-state index in [0.29, 0.717) is 4.47 Å². The van der Waals surface area contributed by atoms with Crippen LogP contribution in [0.15, 0.2) is 15.5 Å². The van der Waals surface area contributed by atoms with Crippen molar-refractivity contribution in [1.82, 2.24) is 15.1 Å². The SMILES string of the molecule is CN(C)C1(CNc2cn[nH]c(=O)c2Br)CCCC1. The highest BCUT2D eigenvalue weighted by Gasteiger charge is 2.35. The number of halogens is 1. The van der Waals surface area contributed by atoms with Crippen molar-refractivity contribution in [1.29, 1.82) is 0 Å². The Morgan fingerprint density at radius 2 is 2.17 bits per heavy atom. The van der Waals surface area contributed by atoms with Crippen LogP contribution >= 0.6 is 15.9 Å². The summed E-state index contributed by atoms with van der Waals surface area (Å²) >= 11 is 3.28. The molecule has 6 heteroatoms. The number of likely N-dealkylation sites (N-methyl/N-ethyl adjacent to an activating group) is 1. The molecule has 0 atom stereocenters. The largest absolute Gasteiger partial charge is 0.381 e. The molecule has 0 amide bonds. The van der Waals surface area contributed by atoms with Crippen LogP contribution in [0.25, 0.3) is 0 Å². The van der Waals surface area contributed by atoms with Crippen molar-refractivity contribution in [2.75, 3.05) is 26.0 Å². The molecule has 0 bridgehead atoms. The third kappa shape index (κ3) is 2.59. The van der Waals surface area contributed by atoms with Gasteiger partial charge in [-0.25, -0.2) is 5.10 Å². The van der Waals surface area contributed by atoms with Gasteiger partial charge in [0, 0.05) is 12.1 Å². The lowest BCUT2D eigenvalue weighted by Gasteiger charge is -2.36. The molecule has 2 rings (SSSR count). The van der Waals surface area contributed by atoms with Gasteiger partial charge in [0.15, 0.2) is 0 Å². The Kier molecular flexibility index (Phi) is 4.07. The number of rotatable bonds is 4. The van der Waals surface area contributed by atoms with Crippen molar-refractivity contribution < 1.29 is 0 Å². The monoisotopic (exact) mass is 314 g/mol. The van der Waals surface area contributed by atoms with Crippen molar-refractivity contribution in [2.45, 2.75) is 31.2 Å². The third-order valence-corrected chi connectivity index (χ3v) is 4.67. The first-order valence-corrected chi connectivity index (χ1v) is 6.99. The van der Waals surface area contributed by atoms with Crippen molar-refractivity contribution >= 4 is 21.6 Å². The first-order valence-electron chi connectivity index (χ1n) is 6.20. The highest BCUT2D eigenvalue weighted by atomic mass is 79.9. The van der Waals surface area contributed by atoms with Crippen molar-refractivity contribution in [3.8, 4) is 0 Å². The van der Waals surface area contributed by atoms with Crippen LogP contribution < -0.4 is 10.9 Å². The molecule has 1 saturated carbocycles. The maximum Gasteiger partial charge on any atom is 0.280 e. The van der Waals surface area contributed by atoms with E-state index in [0.717, 1.165) is 12.2 Å². The average Bonchev–Trinajstić information content (AvgIpc) is 2.81. The van der Waals surface area contributed by atoms with Crippen LogP contribution in [0.2, 0.25) is 0 Å². The van der Waals surface area contributed by atoms with Crippen molar-refractivity contribution in [3.63, 3.8) is 0 Å². The van der Waals surface area contributed by atoms with Crippen LogP contribution in [-0.2, 0) is 0 Å². The Bertz CT molecular complexity index is 465. The lowest BCUT2D eigenvalue weighted by atomic mass is 9.96. The molecular weight excluding hydrogens is 296 g/mol. The van der Waals surface area contributed by atoms with Crippen LogP contribution in [-0.4, -0.2) is 41.3 Å². The Balaban J connectivity index is 2.11. The minimum absolute atomic E-state index is 0.196. The van der Waals surface area contributed by atoms with E-state index in [9.17, 15) is 4.79 Å². The molecule has 0 saturated heterocycles. The van der Waals surface area contributed by atoms with E-state index in [1.807, 2.05) is 0 Å². The predicted octanol–water partition coefficient (Wildman–Crippen LogP) is 1.82. The lowest BCUT2D eigenvalue weighted by Crippen LogP contribution is -2.47. The summed E-state index contributed by atoms with van der Waals surface area (Å²) in [6.07, 6.45) is 6.58. The van der Waals surface area contributed by atoms with E-state index >= 15 is 0 Å². The number of hydrogen-bond acceptors (Lipinski definition) is 4. The highest BCUT2D eigenvalue weighted by Crippen LogP contribution is 2.34. The maximum atomic E-state index is 11.4. The molecule has 2 N–H and O–H groups in total. The lowest BCUT2D eigenvalue weighted by molar-refractivity contribution is 0.172. The Labute approximate surface area is 115 Å². The first-order chi connectivity index (χ1) is 8.55. The fraction of sp³-hybridized carbons (Fsp3) is 0.667. The normalized spacial score (nSPS) is 18.2. The smallest absolute Gasteiger partial charge is 0.280 e. The summed E-state index contributed by atoms with van der Waals surface area (Å²) < 4.78 is 0.518. The predicted molar refractivity (Wildman–Crippen MR) is 75.9 cm³/mol. The molecule has 0 radical (unpaired) electrons. The molecule has 0 aliphatic heterocycles. The summed E-state index contributed by atoms with van der Waals surface area (Å²) in [4.78, 5) is 13.7. The molecule has 1 aliphatic carbocycles. The summed E-state index contributed by atoms with van der Waals surface area (Å²) in [5, 5.41) is 9.56. The molecule has 0 spiro atoms. The quantitative estimate of drug-likeness (QED) is 0.890. The molecule has 0 aromatic carbocycles. The molecule has 1 fully saturated rings. The molecular formula is C12H19BrN4O. The number of H-pyrrole nitrogens is 1. The molecule has 5 nitrogen and oxygen atoms in total. The molecule has 18 heavy (non-hydrogen) atoms. The van der Waals surface area contributed by atoms with Gasteiger partial charge in [-0.05, 0) is 42.9 Å². The second kappa shape index (κ2) is 5.40. The van der Waals surface area contributed by atoms with Gasteiger partial charge in [0.2, 0.25) is 0 Å². The number of nitrogens with one attached hydrogen (secondary N) is 2. The van der Waals surface area contributed by atoms with Crippen molar-refractivity contribution in [2.24, 2.45) is 0 Å². The minimum atomic E-state index is -0.203. The standard InChI is InChI=1S/C12H19BrN4O/c1-17(2)12(5-3-4-6-12)8-14-9-7-15-16-11(18)10(9)13/h7H,3-6,8H2,1-2H3,(H2,14,16,18). The third-order valence-electron chi connectivity index (χ3n) is 3.89. The molecule has 1 aromatic rings. The van der Waals surface area contributed by atoms with Crippen molar-refractivity contribution in [3.05, 3.63) is 21.0 Å². The van der Waals surface area contributed by atoms with E-state index in [1.165, 1.54) is 25.7 Å². The van der Waals surface area contributed by atoms with Gasteiger partial charge in [0.05, 0.1) is 11.9 Å². The van der Waals surface area contributed by atoms with Gasteiger partial charge >= 0.3 is 0 Å². The molecule has 100 valence electrons. The van der Waals surface area contributed by atoms with Crippen LogP contribution in [0.1, 0.15) is 25.7 Å². The molecule has 1 heterocycles.